The summed E-state index contributed by atoms with van der Waals surface area (Å²) in [5, 5.41) is 17.6. The van der Waals surface area contributed by atoms with Crippen molar-refractivity contribution in [2.75, 3.05) is 5.32 Å². The summed E-state index contributed by atoms with van der Waals surface area (Å²) in [4.78, 5) is 21.8. The molecule has 0 saturated heterocycles. The van der Waals surface area contributed by atoms with Crippen LogP contribution in [0.4, 0.5) is 16.2 Å². The first-order chi connectivity index (χ1) is 11.0. The normalized spacial score (nSPS) is 10.5. The van der Waals surface area contributed by atoms with Crippen molar-refractivity contribution in [1.82, 2.24) is 5.43 Å². The van der Waals surface area contributed by atoms with Crippen LogP contribution in [0.5, 0.6) is 0 Å². The molecule has 9 heteroatoms. The molecule has 2 aromatic rings. The van der Waals surface area contributed by atoms with Crippen LogP contribution in [0.25, 0.3) is 0 Å². The molecule has 0 aliphatic heterocycles. The van der Waals surface area contributed by atoms with Crippen molar-refractivity contribution in [1.29, 1.82) is 0 Å². The summed E-state index contributed by atoms with van der Waals surface area (Å²) < 4.78 is 0. The van der Waals surface area contributed by atoms with Gasteiger partial charge in [-0.25, -0.2) is 10.2 Å². The number of hydrogen-bond donors (Lipinski definition) is 2. The molecular formula is C14H10Cl2N4O3. The molecule has 23 heavy (non-hydrogen) atoms. The highest BCUT2D eigenvalue weighted by atomic mass is 35.5. The molecule has 2 rings (SSSR count). The molecule has 0 atom stereocenters. The summed E-state index contributed by atoms with van der Waals surface area (Å²) in [6.07, 6.45) is 1.27. The molecule has 0 heterocycles. The minimum atomic E-state index is -0.597. The summed E-state index contributed by atoms with van der Waals surface area (Å²) >= 11 is 11.4. The molecule has 2 amide bonds. The van der Waals surface area contributed by atoms with Gasteiger partial charge in [0.25, 0.3) is 5.69 Å². The summed E-state index contributed by atoms with van der Waals surface area (Å²) in [6, 6.07) is 10.1. The number of nitrogens with zero attached hydrogens (tertiary/aromatic N) is 2. The molecule has 2 N–H and O–H groups in total. The van der Waals surface area contributed by atoms with Crippen LogP contribution >= 0.6 is 23.2 Å². The molecule has 0 saturated carbocycles. The van der Waals surface area contributed by atoms with Gasteiger partial charge in [-0.1, -0.05) is 29.3 Å². The average molecular weight is 353 g/mol. The molecule has 0 aliphatic carbocycles. The van der Waals surface area contributed by atoms with Gasteiger partial charge in [0.05, 0.1) is 11.1 Å². The largest absolute Gasteiger partial charge is 0.339 e. The number of amides is 2. The Morgan fingerprint density at radius 3 is 2.52 bits per heavy atom. The highest BCUT2D eigenvalue weighted by Gasteiger charge is 2.11. The fraction of sp³-hybridized carbons (Fsp3) is 0. The van der Waals surface area contributed by atoms with E-state index in [1.165, 1.54) is 24.4 Å². The molecule has 0 fully saturated rings. The lowest BCUT2D eigenvalue weighted by Gasteiger charge is -2.03. The molecular weight excluding hydrogens is 343 g/mol. The Hall–Kier alpha value is -2.64. The molecule has 0 aliphatic rings. The van der Waals surface area contributed by atoms with Crippen molar-refractivity contribution in [2.24, 2.45) is 5.10 Å². The van der Waals surface area contributed by atoms with Crippen LogP contribution in [0.2, 0.25) is 10.0 Å². The van der Waals surface area contributed by atoms with E-state index < -0.39 is 11.0 Å². The topological polar surface area (TPSA) is 96.6 Å². The summed E-state index contributed by atoms with van der Waals surface area (Å²) in [7, 11) is 0. The number of halogens is 2. The maximum atomic E-state index is 11.6. The second-order valence-corrected chi connectivity index (χ2v) is 5.14. The predicted octanol–water partition coefficient (Wildman–Crippen LogP) is 4.06. The van der Waals surface area contributed by atoms with Crippen LogP contribution in [0, 0.1) is 10.1 Å². The smallest absolute Gasteiger partial charge is 0.307 e. The van der Waals surface area contributed by atoms with Crippen LogP contribution in [0.1, 0.15) is 5.56 Å². The van der Waals surface area contributed by atoms with Crippen molar-refractivity contribution in [3.8, 4) is 0 Å². The van der Waals surface area contributed by atoms with Crippen molar-refractivity contribution < 1.29 is 9.72 Å². The number of urea groups is 1. The monoisotopic (exact) mass is 352 g/mol. The number of carbonyl (C=O) groups is 1. The molecule has 0 radical (unpaired) electrons. The lowest BCUT2D eigenvalue weighted by atomic mass is 10.2. The van der Waals surface area contributed by atoms with Crippen molar-refractivity contribution in [2.45, 2.75) is 0 Å². The first-order valence-electron chi connectivity index (χ1n) is 6.25. The zero-order chi connectivity index (χ0) is 16.8. The van der Waals surface area contributed by atoms with Gasteiger partial charge in [0, 0.05) is 22.3 Å². The Kier molecular flexibility index (Phi) is 5.51. The van der Waals surface area contributed by atoms with E-state index in [0.29, 0.717) is 16.3 Å². The summed E-state index contributed by atoms with van der Waals surface area (Å²) in [5.74, 6) is 0. The van der Waals surface area contributed by atoms with Gasteiger partial charge in [0.15, 0.2) is 0 Å². The lowest BCUT2D eigenvalue weighted by molar-refractivity contribution is -0.384. The van der Waals surface area contributed by atoms with E-state index in [2.05, 4.69) is 15.8 Å². The quantitative estimate of drug-likeness (QED) is 0.493. The summed E-state index contributed by atoms with van der Waals surface area (Å²) in [6.45, 7) is 0. The Balaban J connectivity index is 1.96. The second kappa shape index (κ2) is 7.57. The predicted molar refractivity (Wildman–Crippen MR) is 89.3 cm³/mol. The van der Waals surface area contributed by atoms with E-state index in [1.54, 1.807) is 24.3 Å². The molecule has 118 valence electrons. The third-order valence-corrected chi connectivity index (χ3v) is 3.22. The number of nitrogens with one attached hydrogen (secondary N) is 2. The molecule has 7 nitrogen and oxygen atoms in total. The molecule has 0 bridgehead atoms. The molecule has 2 aromatic carbocycles. The standard InChI is InChI=1S/C14H10Cl2N4O3/c15-10-2-4-11(5-3-10)18-14(21)19-17-8-9-1-6-12(16)13(7-9)20(22)23/h1-8H,(H2,18,19,21)/b17-8-. The lowest BCUT2D eigenvalue weighted by Crippen LogP contribution is -2.24. The number of nitro benzene ring substituents is 1. The second-order valence-electron chi connectivity index (χ2n) is 4.30. The molecule has 0 aromatic heterocycles. The van der Waals surface area contributed by atoms with Gasteiger partial charge >= 0.3 is 6.03 Å². The van der Waals surface area contributed by atoms with E-state index in [0.717, 1.165) is 0 Å². The van der Waals surface area contributed by atoms with E-state index in [4.69, 9.17) is 23.2 Å². The Morgan fingerprint density at radius 2 is 1.87 bits per heavy atom. The van der Waals surface area contributed by atoms with Gasteiger partial charge in [0.2, 0.25) is 0 Å². The van der Waals surface area contributed by atoms with Crippen molar-refractivity contribution >= 4 is 46.8 Å². The van der Waals surface area contributed by atoms with E-state index in [1.807, 2.05) is 0 Å². The van der Waals surface area contributed by atoms with Crippen LogP contribution in [0.15, 0.2) is 47.6 Å². The van der Waals surface area contributed by atoms with Gasteiger partial charge in [-0.2, -0.15) is 5.10 Å². The van der Waals surface area contributed by atoms with Gasteiger partial charge < -0.3 is 5.32 Å². The van der Waals surface area contributed by atoms with Gasteiger partial charge in [-0.05, 0) is 30.3 Å². The average Bonchev–Trinajstić information content (AvgIpc) is 2.51. The van der Waals surface area contributed by atoms with Crippen molar-refractivity contribution in [3.05, 3.63) is 68.2 Å². The van der Waals surface area contributed by atoms with E-state index >= 15 is 0 Å². The summed E-state index contributed by atoms with van der Waals surface area (Å²) in [5.41, 5.74) is 2.98. The fourth-order valence-electron chi connectivity index (χ4n) is 1.61. The van der Waals surface area contributed by atoms with E-state index in [-0.39, 0.29) is 10.7 Å². The fourth-order valence-corrected chi connectivity index (χ4v) is 1.92. The highest BCUT2D eigenvalue weighted by molar-refractivity contribution is 6.32. The number of benzene rings is 2. The maximum Gasteiger partial charge on any atom is 0.339 e. The third kappa shape index (κ3) is 4.94. The van der Waals surface area contributed by atoms with Crippen molar-refractivity contribution in [3.63, 3.8) is 0 Å². The van der Waals surface area contributed by atoms with Gasteiger partial charge in [0.1, 0.15) is 5.02 Å². The number of hydrogen-bond acceptors (Lipinski definition) is 4. The number of rotatable bonds is 4. The Morgan fingerprint density at radius 1 is 1.17 bits per heavy atom. The molecule has 0 unspecified atom stereocenters. The third-order valence-electron chi connectivity index (χ3n) is 2.65. The van der Waals surface area contributed by atoms with E-state index in [9.17, 15) is 14.9 Å². The van der Waals surface area contributed by atoms with Crippen LogP contribution in [-0.4, -0.2) is 17.2 Å². The highest BCUT2D eigenvalue weighted by Crippen LogP contribution is 2.24. The first kappa shape index (κ1) is 16.7. The van der Waals surface area contributed by atoms with Crippen LogP contribution in [0.3, 0.4) is 0 Å². The number of anilines is 1. The maximum absolute atomic E-state index is 11.6. The minimum absolute atomic E-state index is 0.0283. The van der Waals surface area contributed by atoms with Gasteiger partial charge in [-0.3, -0.25) is 10.1 Å². The van der Waals surface area contributed by atoms with Gasteiger partial charge in [-0.15, -0.1) is 0 Å². The van der Waals surface area contributed by atoms with Crippen LogP contribution in [-0.2, 0) is 0 Å². The van der Waals surface area contributed by atoms with Crippen LogP contribution < -0.4 is 10.7 Å². The minimum Gasteiger partial charge on any atom is -0.307 e. The number of nitro groups is 1. The zero-order valence-corrected chi connectivity index (χ0v) is 13.0. The Bertz CT molecular complexity index is 763. The first-order valence-corrected chi connectivity index (χ1v) is 7.01. The number of carbonyl (C=O) groups excluding carboxylic acids is 1. The SMILES string of the molecule is O=C(N/N=C\c1ccc(Cl)c([N+](=O)[O-])c1)Nc1ccc(Cl)cc1. The Labute approximate surface area is 141 Å². The molecule has 0 spiro atoms. The zero-order valence-electron chi connectivity index (χ0n) is 11.5. The number of hydrazone groups is 1.